The molecule has 35 heavy (non-hydrogen) atoms. The highest BCUT2D eigenvalue weighted by atomic mass is 35.5. The predicted molar refractivity (Wildman–Crippen MR) is 142 cm³/mol. The van der Waals surface area contributed by atoms with Crippen LogP contribution in [-0.2, 0) is 26.6 Å². The number of halogens is 1. The largest absolute Gasteiger partial charge is 0.395 e. The Kier molecular flexibility index (Phi) is 8.03. The Balaban J connectivity index is 1.52. The second kappa shape index (κ2) is 11.2. The number of fused-ring (bicyclic) bond motifs is 1. The van der Waals surface area contributed by atoms with Crippen molar-refractivity contribution in [2.24, 2.45) is 7.05 Å². The van der Waals surface area contributed by atoms with Gasteiger partial charge in [0, 0.05) is 42.3 Å². The van der Waals surface area contributed by atoms with Crippen molar-refractivity contribution in [2.75, 3.05) is 6.61 Å². The lowest BCUT2D eigenvalue weighted by molar-refractivity contribution is 0.0949. The average molecular weight is 510 g/mol. The number of benzene rings is 2. The SMILES string of the molecule is Cc1c(CN[C@H](CO)Cc2ccccc2)sc2c(=O)c(C(=O)NCc3ccc(Cl)cc3)cn(C)c12. The van der Waals surface area contributed by atoms with Crippen LogP contribution in [0.15, 0.2) is 65.6 Å². The quantitative estimate of drug-likeness (QED) is 0.316. The monoisotopic (exact) mass is 509 g/mol. The van der Waals surface area contributed by atoms with Gasteiger partial charge in [-0.2, -0.15) is 0 Å². The number of aliphatic hydroxyl groups excluding tert-OH is 1. The highest BCUT2D eigenvalue weighted by molar-refractivity contribution is 7.19. The summed E-state index contributed by atoms with van der Waals surface area (Å²) < 4.78 is 2.40. The summed E-state index contributed by atoms with van der Waals surface area (Å²) in [5.74, 6) is -0.406. The Hall–Kier alpha value is -2.97. The molecule has 0 saturated heterocycles. The summed E-state index contributed by atoms with van der Waals surface area (Å²) >= 11 is 7.31. The summed E-state index contributed by atoms with van der Waals surface area (Å²) in [5, 5.41) is 16.7. The highest BCUT2D eigenvalue weighted by Crippen LogP contribution is 2.29. The summed E-state index contributed by atoms with van der Waals surface area (Å²) in [6.07, 6.45) is 2.31. The van der Waals surface area contributed by atoms with E-state index in [0.717, 1.165) is 27.1 Å². The predicted octanol–water partition coefficient (Wildman–Crippen LogP) is 4.19. The number of thiophene rings is 1. The molecule has 4 aromatic rings. The number of aromatic nitrogens is 1. The molecule has 0 saturated carbocycles. The lowest BCUT2D eigenvalue weighted by atomic mass is 10.1. The van der Waals surface area contributed by atoms with Gasteiger partial charge in [-0.1, -0.05) is 54.1 Å². The number of pyridine rings is 1. The number of carbonyl (C=O) groups excluding carboxylic acids is 1. The van der Waals surface area contributed by atoms with Crippen molar-refractivity contribution >= 4 is 39.1 Å². The van der Waals surface area contributed by atoms with Crippen molar-refractivity contribution in [2.45, 2.75) is 32.5 Å². The number of amides is 1. The number of hydrogen-bond acceptors (Lipinski definition) is 5. The Labute approximate surface area is 213 Å². The maximum absolute atomic E-state index is 13.2. The van der Waals surface area contributed by atoms with Gasteiger partial charge in [0.1, 0.15) is 5.56 Å². The van der Waals surface area contributed by atoms with E-state index in [4.69, 9.17) is 11.6 Å². The first-order chi connectivity index (χ1) is 16.9. The van der Waals surface area contributed by atoms with Crippen LogP contribution in [0.25, 0.3) is 10.2 Å². The molecule has 0 bridgehead atoms. The molecule has 2 heterocycles. The van der Waals surface area contributed by atoms with Gasteiger partial charge in [0.05, 0.1) is 16.8 Å². The number of nitrogens with one attached hydrogen (secondary N) is 2. The molecule has 0 fully saturated rings. The van der Waals surface area contributed by atoms with Crippen molar-refractivity contribution in [3.8, 4) is 0 Å². The van der Waals surface area contributed by atoms with E-state index in [1.54, 1.807) is 18.3 Å². The minimum Gasteiger partial charge on any atom is -0.395 e. The number of aliphatic hydroxyl groups is 1. The van der Waals surface area contributed by atoms with E-state index < -0.39 is 5.91 Å². The average Bonchev–Trinajstić information content (AvgIpc) is 3.21. The number of carbonyl (C=O) groups is 1. The van der Waals surface area contributed by atoms with Gasteiger partial charge in [-0.15, -0.1) is 11.3 Å². The first-order valence-electron chi connectivity index (χ1n) is 11.4. The summed E-state index contributed by atoms with van der Waals surface area (Å²) in [5.41, 5.74) is 3.72. The van der Waals surface area contributed by atoms with Crippen LogP contribution in [0.1, 0.15) is 31.9 Å². The summed E-state index contributed by atoms with van der Waals surface area (Å²) in [6.45, 7) is 2.83. The molecule has 0 radical (unpaired) electrons. The second-order valence-corrected chi connectivity index (χ2v) is 10.1. The van der Waals surface area contributed by atoms with E-state index >= 15 is 0 Å². The lowest BCUT2D eigenvalue weighted by Gasteiger charge is -2.16. The van der Waals surface area contributed by atoms with E-state index in [0.29, 0.717) is 29.2 Å². The Morgan fingerprint density at radius 3 is 2.49 bits per heavy atom. The van der Waals surface area contributed by atoms with Crippen LogP contribution in [0, 0.1) is 6.92 Å². The number of hydrogen-bond donors (Lipinski definition) is 3. The van der Waals surface area contributed by atoms with Crippen LogP contribution in [0.3, 0.4) is 0 Å². The van der Waals surface area contributed by atoms with Gasteiger partial charge in [0.2, 0.25) is 5.43 Å². The van der Waals surface area contributed by atoms with Crippen LogP contribution in [0.5, 0.6) is 0 Å². The number of aryl methyl sites for hydroxylation is 2. The van der Waals surface area contributed by atoms with Gasteiger partial charge in [-0.25, -0.2) is 0 Å². The molecular formula is C27H28ClN3O3S. The molecule has 1 atom stereocenters. The molecule has 6 nitrogen and oxygen atoms in total. The highest BCUT2D eigenvalue weighted by Gasteiger charge is 2.20. The summed E-state index contributed by atoms with van der Waals surface area (Å²) in [4.78, 5) is 27.1. The standard InChI is InChI=1S/C27H28ClN3O3S/c1-17-23(14-29-21(16-32)12-18-6-4-3-5-7-18)35-26-24(17)31(2)15-22(25(26)33)27(34)30-13-19-8-10-20(28)11-9-19/h3-11,15,21,29,32H,12-14,16H2,1-2H3,(H,30,34)/t21-/m0/s1. The van der Waals surface area contributed by atoms with E-state index in [9.17, 15) is 14.7 Å². The number of nitrogens with zero attached hydrogens (tertiary/aromatic N) is 1. The third-order valence-corrected chi connectivity index (χ3v) is 7.58. The van der Waals surface area contributed by atoms with Crippen LogP contribution in [0.4, 0.5) is 0 Å². The van der Waals surface area contributed by atoms with Crippen molar-refractivity contribution in [3.05, 3.63) is 103 Å². The molecule has 0 aliphatic rings. The van der Waals surface area contributed by atoms with Gasteiger partial charge in [0.25, 0.3) is 5.91 Å². The van der Waals surface area contributed by atoms with Gasteiger partial charge in [-0.05, 0) is 42.2 Å². The number of rotatable bonds is 9. The lowest BCUT2D eigenvalue weighted by Crippen LogP contribution is -2.33. The third-order valence-electron chi connectivity index (χ3n) is 6.05. The molecule has 0 aliphatic carbocycles. The van der Waals surface area contributed by atoms with Crippen molar-refractivity contribution in [3.63, 3.8) is 0 Å². The molecule has 182 valence electrons. The van der Waals surface area contributed by atoms with E-state index in [1.165, 1.54) is 11.3 Å². The van der Waals surface area contributed by atoms with Crippen molar-refractivity contribution < 1.29 is 9.90 Å². The topological polar surface area (TPSA) is 83.4 Å². The maximum Gasteiger partial charge on any atom is 0.257 e. The fourth-order valence-corrected chi connectivity index (χ4v) is 5.49. The van der Waals surface area contributed by atoms with Crippen LogP contribution < -0.4 is 16.1 Å². The molecule has 0 aliphatic heterocycles. The summed E-state index contributed by atoms with van der Waals surface area (Å²) in [7, 11) is 1.85. The zero-order valence-electron chi connectivity index (χ0n) is 19.7. The zero-order chi connectivity index (χ0) is 24.9. The minimum absolute atomic E-state index is 0.0113. The molecule has 0 spiro atoms. The smallest absolute Gasteiger partial charge is 0.257 e. The van der Waals surface area contributed by atoms with Crippen molar-refractivity contribution in [1.82, 2.24) is 15.2 Å². The Morgan fingerprint density at radius 2 is 1.80 bits per heavy atom. The first kappa shape index (κ1) is 25.1. The van der Waals surface area contributed by atoms with Gasteiger partial charge in [0.15, 0.2) is 0 Å². The van der Waals surface area contributed by atoms with Crippen LogP contribution in [0.2, 0.25) is 5.02 Å². The molecule has 4 rings (SSSR count). The second-order valence-electron chi connectivity index (χ2n) is 8.57. The molecule has 8 heteroatoms. The first-order valence-corrected chi connectivity index (χ1v) is 12.6. The molecule has 0 unspecified atom stereocenters. The summed E-state index contributed by atoms with van der Waals surface area (Å²) in [6, 6.07) is 17.1. The van der Waals surface area contributed by atoms with Crippen LogP contribution >= 0.6 is 22.9 Å². The van der Waals surface area contributed by atoms with E-state index in [1.807, 2.05) is 61.0 Å². The van der Waals surface area contributed by atoms with Gasteiger partial charge >= 0.3 is 0 Å². The Bertz CT molecular complexity index is 1380. The third kappa shape index (κ3) is 5.82. The minimum atomic E-state index is -0.406. The molecule has 1 amide bonds. The molecule has 3 N–H and O–H groups in total. The fourth-order valence-electron chi connectivity index (χ4n) is 4.12. The molecule has 2 aromatic heterocycles. The van der Waals surface area contributed by atoms with Crippen LogP contribution in [-0.4, -0.2) is 28.2 Å². The Morgan fingerprint density at radius 1 is 1.09 bits per heavy atom. The fraction of sp³-hybridized carbons (Fsp3) is 0.259. The van der Waals surface area contributed by atoms with E-state index in [2.05, 4.69) is 10.6 Å². The molecular weight excluding hydrogens is 482 g/mol. The molecule has 2 aromatic carbocycles. The zero-order valence-corrected chi connectivity index (χ0v) is 21.2. The van der Waals surface area contributed by atoms with Gasteiger partial charge < -0.3 is 20.3 Å². The maximum atomic E-state index is 13.2. The van der Waals surface area contributed by atoms with Crippen molar-refractivity contribution in [1.29, 1.82) is 0 Å². The van der Waals surface area contributed by atoms with E-state index in [-0.39, 0.29) is 23.6 Å². The normalized spacial score (nSPS) is 12.1. The van der Waals surface area contributed by atoms with Gasteiger partial charge in [-0.3, -0.25) is 9.59 Å².